The Labute approximate surface area is 224 Å². The van der Waals surface area contributed by atoms with Crippen LogP contribution in [-0.2, 0) is 0 Å². The molecule has 1 aliphatic rings. The Balaban J connectivity index is 1.12. The zero-order chi connectivity index (χ0) is 26.3. The molecule has 0 unspecified atom stereocenters. The molecule has 0 spiro atoms. The van der Waals surface area contributed by atoms with Crippen LogP contribution in [0.25, 0.3) is 44.8 Å². The summed E-state index contributed by atoms with van der Waals surface area (Å²) in [7, 11) is 0. The lowest BCUT2D eigenvalue weighted by Gasteiger charge is -2.37. The van der Waals surface area contributed by atoms with E-state index in [0.717, 1.165) is 88.0 Å². The van der Waals surface area contributed by atoms with Crippen molar-refractivity contribution in [2.45, 2.75) is 0 Å². The molecular weight excluding hydrogens is 486 g/mol. The number of anilines is 2. The fourth-order valence-corrected chi connectivity index (χ4v) is 5.29. The van der Waals surface area contributed by atoms with Crippen LogP contribution in [0.5, 0.6) is 5.75 Å². The van der Waals surface area contributed by atoms with E-state index in [1.165, 1.54) is 0 Å². The Kier molecular flexibility index (Phi) is 5.41. The number of piperazine rings is 1. The highest BCUT2D eigenvalue weighted by atomic mass is 16.3. The number of aromatic amines is 2. The molecule has 0 bridgehead atoms. The lowest BCUT2D eigenvalue weighted by molar-refractivity contribution is 0.475. The van der Waals surface area contributed by atoms with Crippen LogP contribution in [0, 0.1) is 11.3 Å². The Morgan fingerprint density at radius 3 is 2.05 bits per heavy atom. The maximum absolute atomic E-state index is 9.57. The number of benzene rings is 4. The van der Waals surface area contributed by atoms with Gasteiger partial charge in [-0.2, -0.15) is 5.26 Å². The summed E-state index contributed by atoms with van der Waals surface area (Å²) >= 11 is 0. The molecule has 0 radical (unpaired) electrons. The minimum atomic E-state index is 0.230. The second-order valence-electron chi connectivity index (χ2n) is 9.75. The standard InChI is InChI=1S/C31H25N7O/c32-19-22-3-1-2-4-29(22)38-15-13-37(14-16-38)23-8-12-26-28(18-23)36-31(34-26)21-7-11-25-27(17-21)35-30(33-25)20-5-9-24(39)10-6-20/h1-12,17-18,39H,13-16H2,(H,33,35)(H,34,36). The number of rotatable bonds is 4. The van der Waals surface area contributed by atoms with Gasteiger partial charge in [-0.1, -0.05) is 12.1 Å². The van der Waals surface area contributed by atoms with Crippen molar-refractivity contribution >= 4 is 33.4 Å². The molecule has 6 aromatic rings. The third-order valence-corrected chi connectivity index (χ3v) is 7.37. The smallest absolute Gasteiger partial charge is 0.138 e. The van der Waals surface area contributed by atoms with Crippen molar-refractivity contribution in [2.24, 2.45) is 0 Å². The summed E-state index contributed by atoms with van der Waals surface area (Å²) in [6.07, 6.45) is 0. The molecule has 39 heavy (non-hydrogen) atoms. The summed E-state index contributed by atoms with van der Waals surface area (Å²) in [5.74, 6) is 1.80. The van der Waals surface area contributed by atoms with E-state index in [1.54, 1.807) is 12.1 Å². The van der Waals surface area contributed by atoms with E-state index in [1.807, 2.05) is 48.5 Å². The molecule has 0 atom stereocenters. The predicted molar refractivity (Wildman–Crippen MR) is 154 cm³/mol. The molecule has 7 rings (SSSR count). The molecule has 8 heteroatoms. The van der Waals surface area contributed by atoms with Gasteiger partial charge in [0.1, 0.15) is 23.5 Å². The number of nitriles is 1. The van der Waals surface area contributed by atoms with Gasteiger partial charge in [0.15, 0.2) is 0 Å². The van der Waals surface area contributed by atoms with Crippen molar-refractivity contribution in [1.82, 2.24) is 19.9 Å². The number of nitrogens with zero attached hydrogens (tertiary/aromatic N) is 5. The van der Waals surface area contributed by atoms with Crippen LogP contribution >= 0.6 is 0 Å². The summed E-state index contributed by atoms with van der Waals surface area (Å²) in [6.45, 7) is 3.49. The van der Waals surface area contributed by atoms with Crippen LogP contribution in [0.1, 0.15) is 5.56 Å². The van der Waals surface area contributed by atoms with Crippen LogP contribution < -0.4 is 9.80 Å². The number of aromatic nitrogens is 4. The molecule has 2 aromatic heterocycles. The molecule has 1 fully saturated rings. The van der Waals surface area contributed by atoms with E-state index in [9.17, 15) is 10.4 Å². The summed E-state index contributed by atoms with van der Waals surface area (Å²) in [6, 6.07) is 29.6. The first-order valence-electron chi connectivity index (χ1n) is 12.9. The van der Waals surface area contributed by atoms with Crippen LogP contribution in [0.3, 0.4) is 0 Å². The number of imidazole rings is 2. The van der Waals surface area contributed by atoms with Crippen molar-refractivity contribution in [2.75, 3.05) is 36.0 Å². The number of hydrogen-bond acceptors (Lipinski definition) is 6. The number of hydrogen-bond donors (Lipinski definition) is 3. The number of nitrogens with one attached hydrogen (secondary N) is 2. The molecule has 8 nitrogen and oxygen atoms in total. The first-order chi connectivity index (χ1) is 19.1. The van der Waals surface area contributed by atoms with Gasteiger partial charge >= 0.3 is 0 Å². The van der Waals surface area contributed by atoms with Gasteiger partial charge in [-0.25, -0.2) is 9.97 Å². The van der Waals surface area contributed by atoms with Crippen molar-refractivity contribution in [1.29, 1.82) is 5.26 Å². The van der Waals surface area contributed by atoms with E-state index < -0.39 is 0 Å². The molecule has 190 valence electrons. The second kappa shape index (κ2) is 9.23. The molecule has 3 heterocycles. The minimum absolute atomic E-state index is 0.230. The van der Waals surface area contributed by atoms with Crippen LogP contribution in [0.2, 0.25) is 0 Å². The summed E-state index contributed by atoms with van der Waals surface area (Å²) < 4.78 is 0. The van der Waals surface area contributed by atoms with E-state index in [4.69, 9.17) is 9.97 Å². The molecule has 1 aliphatic heterocycles. The Morgan fingerprint density at radius 2 is 1.31 bits per heavy atom. The average molecular weight is 512 g/mol. The second-order valence-corrected chi connectivity index (χ2v) is 9.75. The van der Waals surface area contributed by atoms with Gasteiger partial charge in [-0.15, -0.1) is 0 Å². The number of H-pyrrole nitrogens is 2. The van der Waals surface area contributed by atoms with Gasteiger partial charge in [0.2, 0.25) is 0 Å². The number of phenolic OH excluding ortho intramolecular Hbond substituents is 1. The highest BCUT2D eigenvalue weighted by Gasteiger charge is 2.20. The summed E-state index contributed by atoms with van der Waals surface area (Å²) in [4.78, 5) is 21.1. The van der Waals surface area contributed by atoms with Gasteiger partial charge in [-0.05, 0) is 72.8 Å². The normalized spacial score (nSPS) is 13.7. The molecule has 3 N–H and O–H groups in total. The van der Waals surface area contributed by atoms with Gasteiger partial charge in [0, 0.05) is 43.0 Å². The molecule has 0 aliphatic carbocycles. The maximum Gasteiger partial charge on any atom is 0.138 e. The number of para-hydroxylation sites is 1. The van der Waals surface area contributed by atoms with E-state index in [2.05, 4.69) is 50.1 Å². The van der Waals surface area contributed by atoms with E-state index in [0.29, 0.717) is 0 Å². The molecule has 0 amide bonds. The SMILES string of the molecule is N#Cc1ccccc1N1CCN(c2ccc3nc(-c4ccc5nc(-c6ccc(O)cc6)[nH]c5c4)[nH]c3c2)CC1. The maximum atomic E-state index is 9.57. The highest BCUT2D eigenvalue weighted by molar-refractivity contribution is 5.87. The lowest BCUT2D eigenvalue weighted by Crippen LogP contribution is -2.46. The Hall–Kier alpha value is -5.29. The number of phenols is 1. The fourth-order valence-electron chi connectivity index (χ4n) is 5.29. The largest absolute Gasteiger partial charge is 0.508 e. The zero-order valence-corrected chi connectivity index (χ0v) is 21.1. The van der Waals surface area contributed by atoms with Crippen LogP contribution in [-0.4, -0.2) is 51.2 Å². The predicted octanol–water partition coefficient (Wildman–Crippen LogP) is 5.68. The summed E-state index contributed by atoms with van der Waals surface area (Å²) in [5, 5.41) is 19.0. The monoisotopic (exact) mass is 511 g/mol. The van der Waals surface area contributed by atoms with Crippen molar-refractivity contribution in [3.05, 3.63) is 90.5 Å². The molecular formula is C31H25N7O. The number of aromatic hydroxyl groups is 1. The average Bonchev–Trinajstić information content (AvgIpc) is 3.61. The molecule has 0 saturated carbocycles. The summed E-state index contributed by atoms with van der Waals surface area (Å²) in [5.41, 5.74) is 8.50. The topological polar surface area (TPSA) is 108 Å². The van der Waals surface area contributed by atoms with E-state index >= 15 is 0 Å². The number of fused-ring (bicyclic) bond motifs is 2. The van der Waals surface area contributed by atoms with Crippen molar-refractivity contribution in [3.63, 3.8) is 0 Å². The third-order valence-electron chi connectivity index (χ3n) is 7.37. The molecule has 4 aromatic carbocycles. The van der Waals surface area contributed by atoms with Crippen molar-refractivity contribution < 1.29 is 5.11 Å². The lowest BCUT2D eigenvalue weighted by atomic mass is 10.1. The Bertz CT molecular complexity index is 1850. The minimum Gasteiger partial charge on any atom is -0.508 e. The quantitative estimate of drug-likeness (QED) is 0.281. The van der Waals surface area contributed by atoms with Gasteiger partial charge in [0.25, 0.3) is 0 Å². The van der Waals surface area contributed by atoms with Crippen LogP contribution in [0.15, 0.2) is 84.9 Å². The first-order valence-corrected chi connectivity index (χ1v) is 12.9. The fraction of sp³-hybridized carbons (Fsp3) is 0.129. The van der Waals surface area contributed by atoms with Gasteiger partial charge in [-0.3, -0.25) is 0 Å². The van der Waals surface area contributed by atoms with E-state index in [-0.39, 0.29) is 5.75 Å². The van der Waals surface area contributed by atoms with Gasteiger partial charge < -0.3 is 24.9 Å². The van der Waals surface area contributed by atoms with Crippen LogP contribution in [0.4, 0.5) is 11.4 Å². The van der Waals surface area contributed by atoms with Crippen molar-refractivity contribution in [3.8, 4) is 34.6 Å². The van der Waals surface area contributed by atoms with Gasteiger partial charge in [0.05, 0.1) is 33.3 Å². The zero-order valence-electron chi connectivity index (χ0n) is 21.1. The Morgan fingerprint density at radius 1 is 0.692 bits per heavy atom. The molecule has 1 saturated heterocycles. The highest BCUT2D eigenvalue weighted by Crippen LogP contribution is 2.29. The first kappa shape index (κ1) is 22.9. The third kappa shape index (κ3) is 4.20.